The van der Waals surface area contributed by atoms with E-state index < -0.39 is 0 Å². The van der Waals surface area contributed by atoms with Gasteiger partial charge >= 0.3 is 0 Å². The fourth-order valence-electron chi connectivity index (χ4n) is 2.50. The third-order valence-corrected chi connectivity index (χ3v) is 3.92. The van der Waals surface area contributed by atoms with E-state index in [0.717, 1.165) is 37.6 Å². The monoisotopic (exact) mass is 268 g/mol. The summed E-state index contributed by atoms with van der Waals surface area (Å²) in [6, 6.07) is 6.67. The van der Waals surface area contributed by atoms with Crippen molar-refractivity contribution < 1.29 is 4.74 Å². The average molecular weight is 269 g/mol. The Hall–Kier alpha value is -0.770. The Bertz CT molecular complexity index is 391. The summed E-state index contributed by atoms with van der Waals surface area (Å²) < 4.78 is 5.42. The normalized spacial score (nSPS) is 16.8. The van der Waals surface area contributed by atoms with Gasteiger partial charge in [0.1, 0.15) is 0 Å². The topological polar surface area (TPSA) is 24.5 Å². The third-order valence-electron chi connectivity index (χ3n) is 3.57. The van der Waals surface area contributed by atoms with Gasteiger partial charge in [0, 0.05) is 49.1 Å². The highest BCUT2D eigenvalue weighted by Crippen LogP contribution is 2.29. The van der Waals surface area contributed by atoms with E-state index >= 15 is 0 Å². The molecular weight excluding hydrogens is 248 g/mol. The van der Waals surface area contributed by atoms with E-state index in [4.69, 9.17) is 16.3 Å². The number of hydrogen-bond acceptors (Lipinski definition) is 3. The molecule has 0 atom stereocenters. The first-order valence-corrected chi connectivity index (χ1v) is 6.84. The summed E-state index contributed by atoms with van der Waals surface area (Å²) in [6.45, 7) is 2.51. The highest BCUT2D eigenvalue weighted by atomic mass is 35.5. The van der Waals surface area contributed by atoms with Crippen LogP contribution in [0.25, 0.3) is 0 Å². The van der Waals surface area contributed by atoms with E-state index in [1.54, 1.807) is 0 Å². The highest BCUT2D eigenvalue weighted by Gasteiger charge is 2.21. The molecule has 1 aromatic rings. The fourth-order valence-corrected chi connectivity index (χ4v) is 2.73. The van der Waals surface area contributed by atoms with Crippen LogP contribution in [-0.2, 0) is 11.3 Å². The molecule has 3 nitrogen and oxygen atoms in total. The van der Waals surface area contributed by atoms with E-state index in [9.17, 15) is 0 Å². The lowest BCUT2D eigenvalue weighted by Crippen LogP contribution is -2.37. The Labute approximate surface area is 114 Å². The van der Waals surface area contributed by atoms with Crippen molar-refractivity contribution in [2.45, 2.75) is 25.4 Å². The van der Waals surface area contributed by atoms with E-state index in [1.807, 2.05) is 19.2 Å². The molecule has 0 spiro atoms. The number of rotatable bonds is 4. The SMILES string of the molecule is CNCc1c(Cl)cccc1N(C)C1CCOCC1. The number of ether oxygens (including phenoxy) is 1. The number of halogens is 1. The van der Waals surface area contributed by atoms with Crippen LogP contribution >= 0.6 is 11.6 Å². The van der Waals surface area contributed by atoms with Gasteiger partial charge in [-0.3, -0.25) is 0 Å². The Kier molecular flexibility index (Phi) is 4.87. The van der Waals surface area contributed by atoms with Crippen LogP contribution in [0, 0.1) is 0 Å². The minimum atomic E-state index is 0.549. The zero-order valence-corrected chi connectivity index (χ0v) is 11.8. The quantitative estimate of drug-likeness (QED) is 0.909. The van der Waals surface area contributed by atoms with Gasteiger partial charge in [-0.25, -0.2) is 0 Å². The van der Waals surface area contributed by atoms with Crippen LogP contribution in [0.2, 0.25) is 5.02 Å². The summed E-state index contributed by atoms with van der Waals surface area (Å²) in [4.78, 5) is 2.35. The Morgan fingerprint density at radius 1 is 1.39 bits per heavy atom. The summed E-state index contributed by atoms with van der Waals surface area (Å²) >= 11 is 6.30. The van der Waals surface area contributed by atoms with Crippen molar-refractivity contribution in [3.05, 3.63) is 28.8 Å². The van der Waals surface area contributed by atoms with Gasteiger partial charge in [0.05, 0.1) is 0 Å². The summed E-state index contributed by atoms with van der Waals surface area (Å²) in [5, 5.41) is 4.02. The molecular formula is C14H21ClN2O. The van der Waals surface area contributed by atoms with Crippen LogP contribution in [0.3, 0.4) is 0 Å². The first-order valence-electron chi connectivity index (χ1n) is 6.46. The van der Waals surface area contributed by atoms with E-state index in [1.165, 1.54) is 11.3 Å². The molecule has 100 valence electrons. The number of nitrogens with zero attached hydrogens (tertiary/aromatic N) is 1. The Morgan fingerprint density at radius 3 is 2.78 bits per heavy atom. The molecule has 18 heavy (non-hydrogen) atoms. The number of nitrogens with one attached hydrogen (secondary N) is 1. The van der Waals surface area contributed by atoms with Gasteiger partial charge in [0.25, 0.3) is 0 Å². The first kappa shape index (κ1) is 13.7. The van der Waals surface area contributed by atoms with Gasteiger partial charge in [-0.05, 0) is 32.0 Å². The average Bonchev–Trinajstić information content (AvgIpc) is 2.41. The Balaban J connectivity index is 2.22. The predicted octanol–water partition coefficient (Wildman–Crippen LogP) is 2.67. The third kappa shape index (κ3) is 2.97. The van der Waals surface area contributed by atoms with E-state index in [0.29, 0.717) is 6.04 Å². The standard InChI is InChI=1S/C14H21ClN2O/c1-16-10-12-13(15)4-3-5-14(12)17(2)11-6-8-18-9-7-11/h3-5,11,16H,6-10H2,1-2H3. The second kappa shape index (κ2) is 6.41. The summed E-state index contributed by atoms with van der Waals surface area (Å²) in [5.41, 5.74) is 2.40. The molecule has 1 N–H and O–H groups in total. The molecule has 1 fully saturated rings. The molecule has 0 unspecified atom stereocenters. The Morgan fingerprint density at radius 2 is 2.11 bits per heavy atom. The maximum atomic E-state index is 6.30. The number of benzene rings is 1. The zero-order valence-electron chi connectivity index (χ0n) is 11.1. The lowest BCUT2D eigenvalue weighted by Gasteiger charge is -2.34. The molecule has 4 heteroatoms. The summed E-state index contributed by atoms with van der Waals surface area (Å²) in [6.07, 6.45) is 2.17. The molecule has 0 bridgehead atoms. The highest BCUT2D eigenvalue weighted by molar-refractivity contribution is 6.31. The first-order chi connectivity index (χ1) is 8.74. The van der Waals surface area contributed by atoms with Crippen molar-refractivity contribution in [2.75, 3.05) is 32.2 Å². The van der Waals surface area contributed by atoms with Gasteiger partial charge in [-0.2, -0.15) is 0 Å². The summed E-state index contributed by atoms with van der Waals surface area (Å²) in [5.74, 6) is 0. The molecule has 1 aliphatic rings. The smallest absolute Gasteiger partial charge is 0.0485 e. The molecule has 0 amide bonds. The molecule has 0 saturated carbocycles. The van der Waals surface area contributed by atoms with Crippen LogP contribution in [0.15, 0.2) is 18.2 Å². The van der Waals surface area contributed by atoms with Crippen molar-refractivity contribution in [1.82, 2.24) is 5.32 Å². The fraction of sp³-hybridized carbons (Fsp3) is 0.571. The maximum Gasteiger partial charge on any atom is 0.0485 e. The van der Waals surface area contributed by atoms with Crippen LogP contribution in [-0.4, -0.2) is 33.4 Å². The van der Waals surface area contributed by atoms with Crippen LogP contribution in [0.5, 0.6) is 0 Å². The predicted molar refractivity (Wildman–Crippen MR) is 76.5 cm³/mol. The number of hydrogen-bond donors (Lipinski definition) is 1. The number of anilines is 1. The van der Waals surface area contributed by atoms with Crippen molar-refractivity contribution in [3.8, 4) is 0 Å². The largest absolute Gasteiger partial charge is 0.381 e. The molecule has 0 radical (unpaired) electrons. The lowest BCUT2D eigenvalue weighted by molar-refractivity contribution is 0.0854. The van der Waals surface area contributed by atoms with Gasteiger partial charge in [-0.15, -0.1) is 0 Å². The van der Waals surface area contributed by atoms with Crippen LogP contribution in [0.4, 0.5) is 5.69 Å². The van der Waals surface area contributed by atoms with E-state index in [2.05, 4.69) is 23.3 Å². The van der Waals surface area contributed by atoms with Gasteiger partial charge in [0.15, 0.2) is 0 Å². The molecule has 1 heterocycles. The van der Waals surface area contributed by atoms with Gasteiger partial charge in [0.2, 0.25) is 0 Å². The van der Waals surface area contributed by atoms with Crippen molar-refractivity contribution in [2.24, 2.45) is 0 Å². The molecule has 1 saturated heterocycles. The minimum absolute atomic E-state index is 0.549. The van der Waals surface area contributed by atoms with Gasteiger partial charge < -0.3 is 15.0 Å². The van der Waals surface area contributed by atoms with Crippen molar-refractivity contribution in [3.63, 3.8) is 0 Å². The zero-order chi connectivity index (χ0) is 13.0. The van der Waals surface area contributed by atoms with Gasteiger partial charge in [-0.1, -0.05) is 17.7 Å². The lowest BCUT2D eigenvalue weighted by atomic mass is 10.0. The summed E-state index contributed by atoms with van der Waals surface area (Å²) in [7, 11) is 4.10. The maximum absolute atomic E-state index is 6.30. The van der Waals surface area contributed by atoms with Crippen LogP contribution < -0.4 is 10.2 Å². The molecule has 0 aliphatic carbocycles. The van der Waals surface area contributed by atoms with Crippen molar-refractivity contribution >= 4 is 17.3 Å². The second-order valence-electron chi connectivity index (χ2n) is 4.72. The minimum Gasteiger partial charge on any atom is -0.381 e. The molecule has 0 aromatic heterocycles. The van der Waals surface area contributed by atoms with Crippen molar-refractivity contribution in [1.29, 1.82) is 0 Å². The second-order valence-corrected chi connectivity index (χ2v) is 5.13. The molecule has 1 aliphatic heterocycles. The molecule has 1 aromatic carbocycles. The van der Waals surface area contributed by atoms with Crippen LogP contribution in [0.1, 0.15) is 18.4 Å². The van der Waals surface area contributed by atoms with E-state index in [-0.39, 0.29) is 0 Å². The molecule has 2 rings (SSSR count).